The minimum Gasteiger partial charge on any atom is -0.480 e. The largest absolute Gasteiger partial charge is 0.480 e. The van der Waals surface area contributed by atoms with Crippen LogP contribution < -0.4 is 10.1 Å². The van der Waals surface area contributed by atoms with Gasteiger partial charge in [0.2, 0.25) is 0 Å². The van der Waals surface area contributed by atoms with Gasteiger partial charge in [-0.15, -0.1) is 0 Å². The van der Waals surface area contributed by atoms with E-state index >= 15 is 0 Å². The highest BCUT2D eigenvalue weighted by Crippen LogP contribution is 2.08. The third-order valence-corrected chi connectivity index (χ3v) is 3.05. The van der Waals surface area contributed by atoms with E-state index < -0.39 is 28.9 Å². The van der Waals surface area contributed by atoms with Crippen LogP contribution in [0.4, 0.5) is 4.79 Å². The number of rotatable bonds is 6. The van der Waals surface area contributed by atoms with Crippen molar-refractivity contribution in [1.82, 2.24) is 5.32 Å². The molecule has 0 saturated heterocycles. The number of aliphatic carboxylic acids is 1. The Morgan fingerprint density at radius 3 is 2.53 bits per heavy atom. The van der Waals surface area contributed by atoms with Crippen LogP contribution in [0.3, 0.4) is 0 Å². The molecular weight excluding hydrogens is 270 g/mol. The molecule has 1 amide bonds. The fourth-order valence-corrected chi connectivity index (χ4v) is 1.88. The Bertz CT molecular complexity index is 462. The zero-order valence-corrected chi connectivity index (χ0v) is 11.2. The molecule has 0 aliphatic carbocycles. The maximum atomic E-state index is 11.5. The molecule has 0 radical (unpaired) electrons. The summed E-state index contributed by atoms with van der Waals surface area (Å²) in [5.74, 6) is -0.665. The number of carboxylic acid groups (broad SMARTS) is 1. The summed E-state index contributed by atoms with van der Waals surface area (Å²) in [4.78, 5) is 22.4. The van der Waals surface area contributed by atoms with Crippen LogP contribution in [0.25, 0.3) is 0 Å². The average Bonchev–Trinajstić information content (AvgIpc) is 2.35. The normalized spacial score (nSPS) is 13.3. The maximum Gasteiger partial charge on any atom is 0.413 e. The number of hydrogen-bond acceptors (Lipinski definition) is 4. The zero-order valence-electron chi connectivity index (χ0n) is 10.4. The van der Waals surface area contributed by atoms with Crippen LogP contribution in [-0.2, 0) is 15.6 Å². The van der Waals surface area contributed by atoms with Crippen molar-refractivity contribution < 1.29 is 23.6 Å². The van der Waals surface area contributed by atoms with Gasteiger partial charge in [0.1, 0.15) is 11.8 Å². The highest BCUT2D eigenvalue weighted by molar-refractivity contribution is 7.84. The van der Waals surface area contributed by atoms with Gasteiger partial charge < -0.3 is 15.2 Å². The summed E-state index contributed by atoms with van der Waals surface area (Å²) < 4.78 is 15.8. The van der Waals surface area contributed by atoms with Crippen molar-refractivity contribution in [2.75, 3.05) is 12.0 Å². The van der Waals surface area contributed by atoms with Crippen LogP contribution in [0.5, 0.6) is 5.75 Å². The Balaban J connectivity index is 2.52. The summed E-state index contributed by atoms with van der Waals surface area (Å²) in [5.41, 5.74) is 0. The van der Waals surface area contributed by atoms with Crippen LogP contribution in [0.2, 0.25) is 0 Å². The van der Waals surface area contributed by atoms with Crippen LogP contribution in [-0.4, -0.2) is 39.4 Å². The Labute approximate surface area is 113 Å². The molecular formula is C12H15NO5S. The lowest BCUT2D eigenvalue weighted by Crippen LogP contribution is -2.43. The number of carbonyl (C=O) groups excluding carboxylic acids is 1. The number of hydrogen-bond donors (Lipinski definition) is 2. The minimum atomic E-state index is -1.18. The van der Waals surface area contributed by atoms with E-state index in [4.69, 9.17) is 9.84 Å². The second kappa shape index (κ2) is 7.52. The van der Waals surface area contributed by atoms with Gasteiger partial charge in [0.05, 0.1) is 0 Å². The van der Waals surface area contributed by atoms with Gasteiger partial charge in [0, 0.05) is 22.8 Å². The van der Waals surface area contributed by atoms with Crippen LogP contribution in [0.1, 0.15) is 6.42 Å². The lowest BCUT2D eigenvalue weighted by atomic mass is 10.2. The zero-order chi connectivity index (χ0) is 14.3. The van der Waals surface area contributed by atoms with Gasteiger partial charge in [-0.1, -0.05) is 18.2 Å². The summed E-state index contributed by atoms with van der Waals surface area (Å²) in [5, 5.41) is 11.2. The van der Waals surface area contributed by atoms with E-state index in [2.05, 4.69) is 5.32 Å². The van der Waals surface area contributed by atoms with E-state index in [1.165, 1.54) is 6.26 Å². The summed E-state index contributed by atoms with van der Waals surface area (Å²) in [6.45, 7) is 0. The summed E-state index contributed by atoms with van der Waals surface area (Å²) in [7, 11) is -1.11. The molecule has 0 fully saturated rings. The predicted molar refractivity (Wildman–Crippen MR) is 70.6 cm³/mol. The third kappa shape index (κ3) is 6.01. The summed E-state index contributed by atoms with van der Waals surface area (Å²) >= 11 is 0. The first-order valence-corrected chi connectivity index (χ1v) is 7.28. The second-order valence-corrected chi connectivity index (χ2v) is 5.36. The first-order chi connectivity index (χ1) is 8.99. The number of amides is 1. The van der Waals surface area contributed by atoms with Gasteiger partial charge in [-0.25, -0.2) is 9.59 Å². The molecule has 0 spiro atoms. The fourth-order valence-electron chi connectivity index (χ4n) is 1.31. The van der Waals surface area contributed by atoms with Gasteiger partial charge in [0.25, 0.3) is 0 Å². The number of carboxylic acids is 1. The van der Waals surface area contributed by atoms with Gasteiger partial charge in [-0.3, -0.25) is 4.21 Å². The van der Waals surface area contributed by atoms with E-state index in [1.807, 2.05) is 0 Å². The van der Waals surface area contributed by atoms with E-state index in [9.17, 15) is 13.8 Å². The smallest absolute Gasteiger partial charge is 0.413 e. The molecule has 7 heteroatoms. The van der Waals surface area contributed by atoms with Crippen molar-refractivity contribution in [3.8, 4) is 5.75 Å². The number of ether oxygens (including phenoxy) is 1. The van der Waals surface area contributed by atoms with E-state index in [0.717, 1.165) is 0 Å². The molecule has 1 aromatic rings. The van der Waals surface area contributed by atoms with Gasteiger partial charge in [-0.05, 0) is 18.6 Å². The first-order valence-electron chi connectivity index (χ1n) is 5.55. The molecule has 0 saturated carbocycles. The third-order valence-electron chi connectivity index (χ3n) is 2.24. The van der Waals surface area contributed by atoms with Crippen molar-refractivity contribution >= 4 is 22.9 Å². The van der Waals surface area contributed by atoms with Crippen molar-refractivity contribution in [2.45, 2.75) is 12.5 Å². The molecule has 0 heterocycles. The Kier molecular flexibility index (Phi) is 6.01. The minimum absolute atomic E-state index is 0.0856. The highest BCUT2D eigenvalue weighted by Gasteiger charge is 2.21. The molecule has 1 aromatic carbocycles. The quantitative estimate of drug-likeness (QED) is 0.813. The SMILES string of the molecule is CS(=O)CCC(NC(=O)Oc1ccccc1)C(=O)O. The van der Waals surface area contributed by atoms with E-state index in [0.29, 0.717) is 5.75 Å². The molecule has 0 bridgehead atoms. The van der Waals surface area contributed by atoms with Crippen molar-refractivity contribution in [2.24, 2.45) is 0 Å². The molecule has 2 unspecified atom stereocenters. The molecule has 2 N–H and O–H groups in total. The molecule has 2 atom stereocenters. The molecule has 0 aliphatic heterocycles. The van der Waals surface area contributed by atoms with Crippen molar-refractivity contribution in [3.05, 3.63) is 30.3 Å². The van der Waals surface area contributed by atoms with E-state index in [1.54, 1.807) is 30.3 Å². The monoisotopic (exact) mass is 285 g/mol. The van der Waals surface area contributed by atoms with Gasteiger partial charge >= 0.3 is 12.1 Å². The first kappa shape index (κ1) is 15.2. The molecule has 19 heavy (non-hydrogen) atoms. The maximum absolute atomic E-state index is 11.5. The number of carbonyl (C=O) groups is 2. The molecule has 1 rings (SSSR count). The second-order valence-electron chi connectivity index (χ2n) is 3.80. The lowest BCUT2D eigenvalue weighted by Gasteiger charge is -2.13. The standard InChI is InChI=1S/C12H15NO5S/c1-19(17)8-7-10(11(14)15)13-12(16)18-9-5-3-2-4-6-9/h2-6,10H,7-8H2,1H3,(H,13,16)(H,14,15). The topological polar surface area (TPSA) is 92.7 Å². The van der Waals surface area contributed by atoms with Crippen LogP contribution in [0.15, 0.2) is 30.3 Å². The molecule has 6 nitrogen and oxygen atoms in total. The van der Waals surface area contributed by atoms with Gasteiger partial charge in [0.15, 0.2) is 0 Å². The van der Waals surface area contributed by atoms with E-state index in [-0.39, 0.29) is 12.2 Å². The van der Waals surface area contributed by atoms with Crippen LogP contribution >= 0.6 is 0 Å². The lowest BCUT2D eigenvalue weighted by molar-refractivity contribution is -0.139. The number of benzene rings is 1. The summed E-state index contributed by atoms with van der Waals surface area (Å²) in [6.07, 6.45) is 0.712. The fraction of sp³-hybridized carbons (Fsp3) is 0.333. The summed E-state index contributed by atoms with van der Waals surface area (Å²) in [6, 6.07) is 7.20. The molecule has 104 valence electrons. The van der Waals surface area contributed by atoms with Crippen LogP contribution in [0, 0.1) is 0 Å². The van der Waals surface area contributed by atoms with Crippen molar-refractivity contribution in [3.63, 3.8) is 0 Å². The Morgan fingerprint density at radius 1 is 1.37 bits per heavy atom. The number of para-hydroxylation sites is 1. The predicted octanol–water partition coefficient (Wildman–Crippen LogP) is 0.997. The Morgan fingerprint density at radius 2 is 2.00 bits per heavy atom. The van der Waals surface area contributed by atoms with Crippen molar-refractivity contribution in [1.29, 1.82) is 0 Å². The Hall–Kier alpha value is -1.89. The number of nitrogens with one attached hydrogen (secondary N) is 1. The average molecular weight is 285 g/mol. The highest BCUT2D eigenvalue weighted by atomic mass is 32.2. The molecule has 0 aliphatic rings. The molecule has 0 aromatic heterocycles. The van der Waals surface area contributed by atoms with Gasteiger partial charge in [-0.2, -0.15) is 0 Å².